The first-order valence-electron chi connectivity index (χ1n) is 1.23. The van der Waals surface area contributed by atoms with Gasteiger partial charge in [-0.1, -0.05) is 0 Å². The Morgan fingerprint density at radius 3 is 1.00 bits per heavy atom. The molecule has 7 heteroatoms. The van der Waals surface area contributed by atoms with Gasteiger partial charge in [0.15, 0.2) is 0 Å². The van der Waals surface area contributed by atoms with Crippen LogP contribution in [-0.2, 0) is 16.8 Å². The third kappa shape index (κ3) is 415000. The molecule has 0 aliphatic rings. The Morgan fingerprint density at radius 2 is 1.00 bits per heavy atom. The zero-order valence-electron chi connectivity index (χ0n) is 3.80. The molecule has 0 saturated heterocycles. The minimum atomic E-state index is -1.36. The van der Waals surface area contributed by atoms with Crippen molar-refractivity contribution in [3.8, 4) is 0 Å². The van der Waals surface area contributed by atoms with Crippen LogP contribution in [0.15, 0.2) is 0 Å². The molecule has 0 aliphatic heterocycles. The van der Waals surface area contributed by atoms with Gasteiger partial charge in [0.05, 0.1) is 0 Å². The Bertz CT molecular complexity index is 74.6. The fraction of sp³-hybridized carbons (Fsp3) is 0. The summed E-state index contributed by atoms with van der Waals surface area (Å²) in [6.07, 6.45) is 0. The second-order valence-electron chi connectivity index (χ2n) is 0.506. The standard InChI is InChI=1S/2CHClO2.Co/c2*2-1(3)4;/h2*(H,3,4);. The Kier molecular flexibility index (Phi) is 19.4. The van der Waals surface area contributed by atoms with E-state index in [4.69, 9.17) is 19.8 Å². The zero-order chi connectivity index (χ0) is 7.15. The van der Waals surface area contributed by atoms with Crippen LogP contribution in [0.4, 0.5) is 9.59 Å². The van der Waals surface area contributed by atoms with Gasteiger partial charge in [-0.15, -0.1) is 0 Å². The summed E-state index contributed by atoms with van der Waals surface area (Å²) in [7, 11) is 0. The molecule has 0 atom stereocenters. The number of carboxylic acid groups (broad SMARTS) is 2. The average molecular weight is 220 g/mol. The van der Waals surface area contributed by atoms with Gasteiger partial charge in [-0.25, -0.2) is 9.59 Å². The maximum atomic E-state index is 8.77. The molecule has 0 aromatic rings. The Balaban J connectivity index is -0.0000000720. The topological polar surface area (TPSA) is 74.6 Å². The predicted octanol–water partition coefficient (Wildman–Crippen LogP) is 1.80. The fourth-order valence-electron chi connectivity index (χ4n) is 0. The van der Waals surface area contributed by atoms with Gasteiger partial charge < -0.3 is 10.2 Å². The molecular formula is C2H2Cl2CoO4. The first-order valence-corrected chi connectivity index (χ1v) is 1.99. The summed E-state index contributed by atoms with van der Waals surface area (Å²) in [4.78, 5) is 17.5. The van der Waals surface area contributed by atoms with Gasteiger partial charge in [0.25, 0.3) is 0 Å². The molecule has 0 saturated carbocycles. The van der Waals surface area contributed by atoms with E-state index in [0.717, 1.165) is 0 Å². The number of rotatable bonds is 0. The van der Waals surface area contributed by atoms with Crippen molar-refractivity contribution in [2.24, 2.45) is 0 Å². The molecule has 0 aliphatic carbocycles. The fourth-order valence-corrected chi connectivity index (χ4v) is 0. The summed E-state index contributed by atoms with van der Waals surface area (Å²) in [6, 6.07) is 0. The first-order chi connectivity index (χ1) is 3.46. The Hall–Kier alpha value is 0.0265. The molecule has 0 aromatic heterocycles. The molecule has 0 unspecified atom stereocenters. The van der Waals surface area contributed by atoms with E-state index in [1.807, 2.05) is 0 Å². The minimum absolute atomic E-state index is 0. The van der Waals surface area contributed by atoms with Crippen LogP contribution in [0.25, 0.3) is 0 Å². The summed E-state index contributed by atoms with van der Waals surface area (Å²) in [6.45, 7) is 0. The van der Waals surface area contributed by atoms with Crippen molar-refractivity contribution in [3.05, 3.63) is 0 Å². The summed E-state index contributed by atoms with van der Waals surface area (Å²) < 4.78 is 0. The van der Waals surface area contributed by atoms with Gasteiger partial charge in [-0.05, 0) is 0 Å². The average Bonchev–Trinajstić information content (AvgIpc) is 1.25. The molecular weight excluding hydrogens is 218 g/mol. The van der Waals surface area contributed by atoms with E-state index in [1.54, 1.807) is 0 Å². The maximum absolute atomic E-state index is 8.77. The Labute approximate surface area is 70.9 Å². The van der Waals surface area contributed by atoms with E-state index in [9.17, 15) is 0 Å². The van der Waals surface area contributed by atoms with Crippen LogP contribution in [0, 0.1) is 0 Å². The monoisotopic (exact) mass is 219 g/mol. The van der Waals surface area contributed by atoms with Crippen molar-refractivity contribution in [2.75, 3.05) is 0 Å². The largest absolute Gasteiger partial charge is 0.469 e. The van der Waals surface area contributed by atoms with Gasteiger partial charge in [0, 0.05) is 40.0 Å². The molecule has 9 heavy (non-hydrogen) atoms. The van der Waals surface area contributed by atoms with E-state index in [1.165, 1.54) is 0 Å². The minimum Gasteiger partial charge on any atom is -0.469 e. The van der Waals surface area contributed by atoms with Gasteiger partial charge in [0.1, 0.15) is 0 Å². The van der Waals surface area contributed by atoms with Crippen LogP contribution in [0.3, 0.4) is 0 Å². The Morgan fingerprint density at radius 1 is 1.00 bits per heavy atom. The number of hydrogen-bond donors (Lipinski definition) is 2. The smallest absolute Gasteiger partial charge is 0.401 e. The second-order valence-corrected chi connectivity index (χ2v) is 1.15. The molecule has 0 rings (SSSR count). The predicted molar refractivity (Wildman–Crippen MR) is 27.8 cm³/mol. The summed E-state index contributed by atoms with van der Waals surface area (Å²) in [5, 5.41) is 14.4. The van der Waals surface area contributed by atoms with Crippen molar-refractivity contribution in [1.82, 2.24) is 0 Å². The van der Waals surface area contributed by atoms with Crippen LogP contribution in [-0.4, -0.2) is 21.1 Å². The summed E-state index contributed by atoms with van der Waals surface area (Å²) >= 11 is 8.38. The molecule has 1 radical (unpaired) electrons. The molecule has 0 bridgehead atoms. The second kappa shape index (κ2) is 10.9. The number of hydrogen-bond acceptors (Lipinski definition) is 2. The summed E-state index contributed by atoms with van der Waals surface area (Å²) in [5.74, 6) is 0. The van der Waals surface area contributed by atoms with E-state index in [0.29, 0.717) is 0 Å². The number of carbonyl (C=O) groups is 2. The van der Waals surface area contributed by atoms with Crippen LogP contribution in [0.2, 0.25) is 0 Å². The molecule has 0 fully saturated rings. The molecule has 2 N–H and O–H groups in total. The van der Waals surface area contributed by atoms with Gasteiger partial charge in [-0.2, -0.15) is 0 Å². The molecule has 0 amide bonds. The van der Waals surface area contributed by atoms with E-state index >= 15 is 0 Å². The van der Waals surface area contributed by atoms with Crippen molar-refractivity contribution >= 4 is 34.1 Å². The van der Waals surface area contributed by atoms with Crippen LogP contribution < -0.4 is 0 Å². The van der Waals surface area contributed by atoms with Crippen LogP contribution in [0.5, 0.6) is 0 Å². The first kappa shape index (κ1) is 16.0. The third-order valence-corrected chi connectivity index (χ3v) is 0. The quantitative estimate of drug-likeness (QED) is 0.610. The SMILES string of the molecule is O=C(O)Cl.O=C(O)Cl.[Co]. The van der Waals surface area contributed by atoms with E-state index < -0.39 is 10.9 Å². The van der Waals surface area contributed by atoms with E-state index in [-0.39, 0.29) is 16.8 Å². The third-order valence-electron chi connectivity index (χ3n) is 0. The number of halogens is 2. The van der Waals surface area contributed by atoms with Crippen molar-refractivity contribution in [2.45, 2.75) is 0 Å². The molecule has 0 heterocycles. The van der Waals surface area contributed by atoms with Gasteiger partial charge in [-0.3, -0.25) is 0 Å². The maximum Gasteiger partial charge on any atom is 0.401 e. The normalized spacial score (nSPS) is 5.56. The van der Waals surface area contributed by atoms with Crippen molar-refractivity contribution < 1.29 is 36.6 Å². The summed E-state index contributed by atoms with van der Waals surface area (Å²) in [5.41, 5.74) is -2.72. The van der Waals surface area contributed by atoms with Crippen molar-refractivity contribution in [1.29, 1.82) is 0 Å². The van der Waals surface area contributed by atoms with E-state index in [2.05, 4.69) is 23.2 Å². The van der Waals surface area contributed by atoms with Gasteiger partial charge in [0.2, 0.25) is 0 Å². The molecule has 0 aromatic carbocycles. The van der Waals surface area contributed by atoms with Crippen molar-refractivity contribution in [3.63, 3.8) is 0 Å². The molecule has 0 spiro atoms. The van der Waals surface area contributed by atoms with Crippen LogP contribution >= 0.6 is 23.2 Å². The molecule has 4 nitrogen and oxygen atoms in total. The molecule has 57 valence electrons. The zero-order valence-corrected chi connectivity index (χ0v) is 6.35. The van der Waals surface area contributed by atoms with Crippen LogP contribution in [0.1, 0.15) is 0 Å². The van der Waals surface area contributed by atoms with Gasteiger partial charge >= 0.3 is 10.9 Å².